The fourth-order valence-electron chi connectivity index (χ4n) is 3.51. The molecule has 0 unspecified atom stereocenters. The van der Waals surface area contributed by atoms with E-state index in [-0.39, 0.29) is 29.5 Å². The first-order valence-electron chi connectivity index (χ1n) is 9.79. The van der Waals surface area contributed by atoms with Crippen LogP contribution in [0.15, 0.2) is 27.8 Å². The molecule has 0 saturated carbocycles. The average molecular weight is 490 g/mol. The van der Waals surface area contributed by atoms with Gasteiger partial charge in [0, 0.05) is 50.1 Å². The molecule has 6 nitrogen and oxygen atoms in total. The number of hydrogen-bond donors (Lipinski definition) is 1. The number of guanidine groups is 1. The molecule has 0 radical (unpaired) electrons. The summed E-state index contributed by atoms with van der Waals surface area (Å²) < 4.78 is 10.9. The normalized spacial score (nSPS) is 22.1. The van der Waals surface area contributed by atoms with E-state index in [2.05, 4.69) is 42.8 Å². The third-order valence-corrected chi connectivity index (χ3v) is 6.16. The molecule has 7 heteroatoms. The summed E-state index contributed by atoms with van der Waals surface area (Å²) in [5, 5.41) is 3.56. The molecule has 0 aromatic carbocycles. The van der Waals surface area contributed by atoms with Crippen LogP contribution in [0.5, 0.6) is 0 Å². The van der Waals surface area contributed by atoms with Crippen molar-refractivity contribution in [2.75, 3.05) is 52.5 Å². The minimum Gasteiger partial charge on any atom is -0.469 e. The Morgan fingerprint density at radius 3 is 2.56 bits per heavy atom. The van der Waals surface area contributed by atoms with Gasteiger partial charge in [-0.25, -0.2) is 0 Å². The maximum absolute atomic E-state index is 5.44. The van der Waals surface area contributed by atoms with Crippen LogP contribution in [0.3, 0.4) is 0 Å². The summed E-state index contributed by atoms with van der Waals surface area (Å²) in [7, 11) is 0. The van der Waals surface area contributed by atoms with Crippen molar-refractivity contribution < 1.29 is 9.15 Å². The number of halogens is 1. The summed E-state index contributed by atoms with van der Waals surface area (Å²) in [4.78, 5) is 9.78. The first-order valence-corrected chi connectivity index (χ1v) is 9.79. The number of rotatable bonds is 6. The quantitative estimate of drug-likeness (QED) is 0.378. The highest BCUT2D eigenvalue weighted by atomic mass is 127. The van der Waals surface area contributed by atoms with Crippen molar-refractivity contribution in [1.82, 2.24) is 15.1 Å². The third kappa shape index (κ3) is 5.38. The van der Waals surface area contributed by atoms with Gasteiger partial charge in [-0.15, -0.1) is 24.0 Å². The Morgan fingerprint density at radius 1 is 1.22 bits per heavy atom. The van der Waals surface area contributed by atoms with Crippen LogP contribution in [0.2, 0.25) is 0 Å². The first-order chi connectivity index (χ1) is 12.4. The Labute approximate surface area is 180 Å². The van der Waals surface area contributed by atoms with E-state index in [1.165, 1.54) is 0 Å². The number of morpholine rings is 1. The lowest BCUT2D eigenvalue weighted by Crippen LogP contribution is -2.72. The lowest BCUT2D eigenvalue weighted by atomic mass is 9.65. The van der Waals surface area contributed by atoms with Crippen molar-refractivity contribution >= 4 is 29.9 Å². The third-order valence-electron chi connectivity index (χ3n) is 6.16. The Hall–Kier alpha value is -0.800. The average Bonchev–Trinajstić information content (AvgIpc) is 3.13. The molecule has 1 N–H and O–H groups in total. The minimum atomic E-state index is 0. The van der Waals surface area contributed by atoms with Gasteiger partial charge >= 0.3 is 0 Å². The van der Waals surface area contributed by atoms with Gasteiger partial charge < -0.3 is 19.4 Å². The molecule has 0 aliphatic carbocycles. The molecule has 0 atom stereocenters. The molecule has 1 aromatic heterocycles. The summed E-state index contributed by atoms with van der Waals surface area (Å²) in [6.07, 6.45) is 2.60. The molecule has 154 valence electrons. The second-order valence-corrected chi connectivity index (χ2v) is 8.44. The van der Waals surface area contributed by atoms with Gasteiger partial charge in [0.2, 0.25) is 0 Å². The molecule has 0 amide bonds. The molecular formula is C20H35IN4O2. The van der Waals surface area contributed by atoms with E-state index < -0.39 is 0 Å². The summed E-state index contributed by atoms with van der Waals surface area (Å²) in [6, 6.07) is 3.96. The smallest absolute Gasteiger partial charge is 0.194 e. The highest BCUT2D eigenvalue weighted by Gasteiger charge is 2.53. The van der Waals surface area contributed by atoms with E-state index in [1.807, 2.05) is 12.1 Å². The van der Waals surface area contributed by atoms with Crippen LogP contribution in [0.25, 0.3) is 0 Å². The zero-order chi connectivity index (χ0) is 18.6. The van der Waals surface area contributed by atoms with E-state index in [0.29, 0.717) is 5.41 Å². The number of nitrogens with zero attached hydrogens (tertiary/aromatic N) is 3. The van der Waals surface area contributed by atoms with E-state index in [4.69, 9.17) is 14.1 Å². The Morgan fingerprint density at radius 2 is 1.96 bits per heavy atom. The molecule has 0 spiro atoms. The highest BCUT2D eigenvalue weighted by molar-refractivity contribution is 14.0. The summed E-state index contributed by atoms with van der Waals surface area (Å²) >= 11 is 0. The minimum absolute atomic E-state index is 0. The predicted molar refractivity (Wildman–Crippen MR) is 120 cm³/mol. The van der Waals surface area contributed by atoms with Crippen LogP contribution < -0.4 is 5.32 Å². The topological polar surface area (TPSA) is 53.2 Å². The summed E-state index contributed by atoms with van der Waals surface area (Å²) in [5.41, 5.74) is 0.392. The van der Waals surface area contributed by atoms with Crippen LogP contribution >= 0.6 is 24.0 Å². The van der Waals surface area contributed by atoms with Gasteiger partial charge in [-0.1, -0.05) is 13.8 Å². The highest BCUT2D eigenvalue weighted by Crippen LogP contribution is 2.46. The van der Waals surface area contributed by atoms with E-state index in [1.54, 1.807) is 6.26 Å². The molecule has 0 bridgehead atoms. The van der Waals surface area contributed by atoms with Crippen LogP contribution in [-0.4, -0.2) is 73.8 Å². The predicted octanol–water partition coefficient (Wildman–Crippen LogP) is 2.84. The van der Waals surface area contributed by atoms with Crippen LogP contribution in [0, 0.1) is 5.41 Å². The van der Waals surface area contributed by atoms with Gasteiger partial charge in [0.25, 0.3) is 0 Å². The van der Waals surface area contributed by atoms with Gasteiger partial charge in [-0.05, 0) is 26.0 Å². The van der Waals surface area contributed by atoms with E-state index in [9.17, 15) is 0 Å². The standard InChI is InChI=1S/C20H34N4O2.HI/c1-19(2)16-24(20(19,3)4)18(21-8-7-17-6-5-13-26-17)22-9-10-23-11-14-25-15-12-23;/h5-6,13H,7-12,14-16H2,1-4H3,(H,21,22);1H. The Kier molecular flexibility index (Phi) is 8.00. The van der Waals surface area contributed by atoms with Crippen molar-refractivity contribution in [2.24, 2.45) is 10.4 Å². The van der Waals surface area contributed by atoms with Gasteiger partial charge in [0.05, 0.1) is 26.0 Å². The number of hydrogen-bond acceptors (Lipinski definition) is 4. The molecule has 2 aliphatic rings. The van der Waals surface area contributed by atoms with Crippen molar-refractivity contribution in [1.29, 1.82) is 0 Å². The Balaban J connectivity index is 0.00000261. The molecule has 2 fully saturated rings. The zero-order valence-corrected chi connectivity index (χ0v) is 19.5. The van der Waals surface area contributed by atoms with E-state index in [0.717, 1.165) is 70.6 Å². The van der Waals surface area contributed by atoms with Gasteiger partial charge in [-0.3, -0.25) is 9.89 Å². The maximum atomic E-state index is 5.44. The summed E-state index contributed by atoms with van der Waals surface area (Å²) in [6.45, 7) is 16.6. The maximum Gasteiger partial charge on any atom is 0.194 e. The molecule has 3 heterocycles. The molecule has 3 rings (SSSR count). The Bertz CT molecular complexity index is 595. The van der Waals surface area contributed by atoms with Crippen molar-refractivity contribution in [3.05, 3.63) is 24.2 Å². The van der Waals surface area contributed by atoms with Gasteiger partial charge in [0.1, 0.15) is 5.76 Å². The van der Waals surface area contributed by atoms with Crippen LogP contribution in [0.1, 0.15) is 33.5 Å². The largest absolute Gasteiger partial charge is 0.469 e. The van der Waals surface area contributed by atoms with Crippen LogP contribution in [0.4, 0.5) is 0 Å². The number of furan rings is 1. The van der Waals surface area contributed by atoms with Gasteiger partial charge in [-0.2, -0.15) is 0 Å². The molecule has 1 aromatic rings. The van der Waals surface area contributed by atoms with Crippen molar-refractivity contribution in [3.63, 3.8) is 0 Å². The molecule has 2 aliphatic heterocycles. The fraction of sp³-hybridized carbons (Fsp3) is 0.750. The van der Waals surface area contributed by atoms with Crippen molar-refractivity contribution in [3.8, 4) is 0 Å². The first kappa shape index (κ1) is 22.5. The van der Waals surface area contributed by atoms with Gasteiger partial charge in [0.15, 0.2) is 5.96 Å². The molecule has 27 heavy (non-hydrogen) atoms. The SMILES string of the molecule is CC1(C)CN(C(=NCCN2CCOCC2)NCCc2ccco2)C1(C)C.I. The lowest BCUT2D eigenvalue weighted by molar-refractivity contribution is -0.0668. The zero-order valence-electron chi connectivity index (χ0n) is 17.2. The van der Waals surface area contributed by atoms with E-state index >= 15 is 0 Å². The molecular weight excluding hydrogens is 455 g/mol. The summed E-state index contributed by atoms with van der Waals surface area (Å²) in [5.74, 6) is 2.03. The van der Waals surface area contributed by atoms with Crippen LogP contribution in [-0.2, 0) is 11.2 Å². The second kappa shape index (κ2) is 9.60. The second-order valence-electron chi connectivity index (χ2n) is 8.44. The van der Waals surface area contributed by atoms with Crippen molar-refractivity contribution in [2.45, 2.75) is 39.7 Å². The number of aliphatic imine (C=N–C) groups is 1. The number of nitrogens with one attached hydrogen (secondary N) is 1. The lowest BCUT2D eigenvalue weighted by Gasteiger charge is -2.62. The number of likely N-dealkylation sites (tertiary alicyclic amines) is 1. The monoisotopic (exact) mass is 490 g/mol. The fourth-order valence-corrected chi connectivity index (χ4v) is 3.51. The molecule has 2 saturated heterocycles. The number of ether oxygens (including phenoxy) is 1.